The molecule has 12 heavy (non-hydrogen) atoms. The van der Waals surface area contributed by atoms with Gasteiger partial charge in [-0.3, -0.25) is 0 Å². The molecule has 1 aromatic carbocycles. The van der Waals surface area contributed by atoms with Crippen molar-refractivity contribution >= 4 is 56.6 Å². The van der Waals surface area contributed by atoms with Crippen LogP contribution in [-0.2, 0) is 0 Å². The second kappa shape index (κ2) is 4.42. The number of halogens is 4. The van der Waals surface area contributed by atoms with Crippen LogP contribution in [0, 0.1) is 0 Å². The summed E-state index contributed by atoms with van der Waals surface area (Å²) in [5.74, 6) is 0. The van der Waals surface area contributed by atoms with Crippen LogP contribution in [0.1, 0.15) is 0 Å². The number of benzene rings is 1. The largest absolute Gasteiger partial charge is 0.141 e. The molecule has 0 saturated carbocycles. The van der Waals surface area contributed by atoms with Gasteiger partial charge in [-0.25, -0.2) is 0 Å². The Kier molecular flexibility index (Phi) is 3.77. The van der Waals surface area contributed by atoms with Crippen molar-refractivity contribution in [2.45, 2.75) is 0 Å². The SMILES string of the molecule is Clc1cc(Cl)c(N=NBr)c(Cl)c1. The topological polar surface area (TPSA) is 24.7 Å². The summed E-state index contributed by atoms with van der Waals surface area (Å²) in [5.41, 5.74) is 0.402. The molecule has 0 aliphatic rings. The first-order chi connectivity index (χ1) is 5.65. The molecule has 0 saturated heterocycles. The first-order valence-electron chi connectivity index (χ1n) is 2.81. The van der Waals surface area contributed by atoms with E-state index in [9.17, 15) is 0 Å². The molecule has 0 aliphatic carbocycles. The Morgan fingerprint density at radius 2 is 1.58 bits per heavy atom. The molecule has 0 amide bonds. The van der Waals surface area contributed by atoms with Crippen molar-refractivity contribution in [1.29, 1.82) is 0 Å². The minimum Gasteiger partial charge on any atom is -0.141 e. The minimum atomic E-state index is 0.371. The molecule has 0 unspecified atom stereocenters. The van der Waals surface area contributed by atoms with Gasteiger partial charge in [-0.15, -0.1) is 9.25 Å². The first-order valence-corrected chi connectivity index (χ1v) is 4.66. The molecule has 0 fully saturated rings. The monoisotopic (exact) mass is 286 g/mol. The smallest absolute Gasteiger partial charge is 0.124 e. The van der Waals surface area contributed by atoms with E-state index in [0.29, 0.717) is 20.8 Å². The van der Waals surface area contributed by atoms with Gasteiger partial charge in [0.05, 0.1) is 10.0 Å². The Labute approximate surface area is 92.9 Å². The summed E-state index contributed by atoms with van der Waals surface area (Å²) in [4.78, 5) is 0. The molecule has 0 bridgehead atoms. The zero-order chi connectivity index (χ0) is 9.14. The van der Waals surface area contributed by atoms with E-state index < -0.39 is 0 Å². The van der Waals surface area contributed by atoms with Crippen molar-refractivity contribution in [1.82, 2.24) is 0 Å². The Hall–Kier alpha value is 0.170. The molecule has 0 N–H and O–H groups in total. The van der Waals surface area contributed by atoms with Crippen molar-refractivity contribution in [3.63, 3.8) is 0 Å². The lowest BCUT2D eigenvalue weighted by Crippen LogP contribution is -1.71. The zero-order valence-corrected chi connectivity index (χ0v) is 9.41. The van der Waals surface area contributed by atoms with E-state index in [0.717, 1.165) is 0 Å². The number of nitrogens with zero attached hydrogens (tertiary/aromatic N) is 2. The fraction of sp³-hybridized carbons (Fsp3) is 0. The quantitative estimate of drug-likeness (QED) is 0.647. The van der Waals surface area contributed by atoms with E-state index in [1.165, 1.54) is 0 Å². The summed E-state index contributed by atoms with van der Waals surface area (Å²) in [6.45, 7) is 0. The molecular formula is C6H2BrCl3N2. The highest BCUT2D eigenvalue weighted by Gasteiger charge is 2.06. The fourth-order valence-electron chi connectivity index (χ4n) is 0.668. The lowest BCUT2D eigenvalue weighted by Gasteiger charge is -1.99. The highest BCUT2D eigenvalue weighted by atomic mass is 79.9. The van der Waals surface area contributed by atoms with E-state index in [-0.39, 0.29) is 0 Å². The van der Waals surface area contributed by atoms with Gasteiger partial charge in [-0.05, 0) is 12.1 Å². The highest BCUT2D eigenvalue weighted by molar-refractivity contribution is 9.08. The normalized spacial score (nSPS) is 11.0. The van der Waals surface area contributed by atoms with Crippen LogP contribution in [0.2, 0.25) is 15.1 Å². The molecule has 0 atom stereocenters. The van der Waals surface area contributed by atoms with Gasteiger partial charge in [-0.1, -0.05) is 34.8 Å². The van der Waals surface area contributed by atoms with Gasteiger partial charge in [0, 0.05) is 5.02 Å². The molecule has 2 nitrogen and oxygen atoms in total. The summed E-state index contributed by atoms with van der Waals surface area (Å²) >= 11 is 20.0. The second-order valence-electron chi connectivity index (χ2n) is 1.89. The summed E-state index contributed by atoms with van der Waals surface area (Å²) < 4.78 is 3.38. The molecule has 1 aromatic rings. The van der Waals surface area contributed by atoms with E-state index >= 15 is 0 Å². The van der Waals surface area contributed by atoms with Gasteiger partial charge in [0.25, 0.3) is 0 Å². The molecular weight excluding hydrogens is 286 g/mol. The lowest BCUT2D eigenvalue weighted by atomic mass is 10.3. The van der Waals surface area contributed by atoms with E-state index in [2.05, 4.69) is 25.4 Å². The summed E-state index contributed by atoms with van der Waals surface area (Å²) in [5, 5.41) is 4.88. The van der Waals surface area contributed by atoms with Crippen LogP contribution in [0.25, 0.3) is 0 Å². The predicted octanol–water partition coefficient (Wildman–Crippen LogP) is 5.04. The Morgan fingerprint density at radius 3 is 2.00 bits per heavy atom. The molecule has 1 rings (SSSR count). The summed E-state index contributed by atoms with van der Waals surface area (Å²) in [6, 6.07) is 3.10. The third-order valence-corrected chi connectivity index (χ3v) is 2.07. The van der Waals surface area contributed by atoms with Gasteiger partial charge in [0.1, 0.15) is 21.8 Å². The number of rotatable bonds is 1. The highest BCUT2D eigenvalue weighted by Crippen LogP contribution is 2.36. The van der Waals surface area contributed by atoms with Crippen LogP contribution >= 0.6 is 51.0 Å². The molecule has 6 heteroatoms. The van der Waals surface area contributed by atoms with E-state index in [1.807, 2.05) is 0 Å². The van der Waals surface area contributed by atoms with Crippen LogP contribution < -0.4 is 0 Å². The third kappa shape index (κ3) is 2.33. The van der Waals surface area contributed by atoms with Crippen LogP contribution in [0.4, 0.5) is 5.69 Å². The molecule has 0 aromatic heterocycles. The van der Waals surface area contributed by atoms with Crippen molar-refractivity contribution in [3.05, 3.63) is 27.2 Å². The van der Waals surface area contributed by atoms with Crippen LogP contribution in [0.15, 0.2) is 21.4 Å². The zero-order valence-electron chi connectivity index (χ0n) is 5.56. The Bertz CT molecular complexity index is 304. The molecule has 0 spiro atoms. The minimum absolute atomic E-state index is 0.371. The first kappa shape index (κ1) is 10.3. The van der Waals surface area contributed by atoms with Crippen LogP contribution in [0.3, 0.4) is 0 Å². The molecule has 0 aliphatic heterocycles. The number of hydrogen-bond donors (Lipinski definition) is 0. The van der Waals surface area contributed by atoms with E-state index in [1.54, 1.807) is 12.1 Å². The van der Waals surface area contributed by atoms with Crippen molar-refractivity contribution in [3.8, 4) is 0 Å². The van der Waals surface area contributed by atoms with Crippen molar-refractivity contribution < 1.29 is 0 Å². The molecule has 0 radical (unpaired) electrons. The average Bonchev–Trinajstić information content (AvgIpc) is 1.96. The van der Waals surface area contributed by atoms with Gasteiger partial charge in [0.15, 0.2) is 0 Å². The Balaban J connectivity index is 3.28. The van der Waals surface area contributed by atoms with Crippen LogP contribution in [-0.4, -0.2) is 0 Å². The van der Waals surface area contributed by atoms with E-state index in [4.69, 9.17) is 34.8 Å². The Morgan fingerprint density at radius 1 is 1.08 bits per heavy atom. The van der Waals surface area contributed by atoms with Gasteiger partial charge in [0.2, 0.25) is 0 Å². The van der Waals surface area contributed by atoms with Crippen LogP contribution in [0.5, 0.6) is 0 Å². The van der Waals surface area contributed by atoms with Gasteiger partial charge < -0.3 is 0 Å². The summed E-state index contributed by atoms with van der Waals surface area (Å²) in [6.07, 6.45) is 0. The molecule has 64 valence electrons. The maximum Gasteiger partial charge on any atom is 0.124 e. The summed E-state index contributed by atoms with van der Waals surface area (Å²) in [7, 11) is 0. The average molecular weight is 288 g/mol. The molecule has 0 heterocycles. The maximum absolute atomic E-state index is 5.77. The predicted molar refractivity (Wildman–Crippen MR) is 54.9 cm³/mol. The van der Waals surface area contributed by atoms with Gasteiger partial charge >= 0.3 is 0 Å². The number of hydrogen-bond acceptors (Lipinski definition) is 2. The maximum atomic E-state index is 5.77. The standard InChI is InChI=1S/C6H2BrCl3N2/c7-12-11-6-4(9)1-3(8)2-5(6)10/h1-2H. The van der Waals surface area contributed by atoms with Crippen molar-refractivity contribution in [2.75, 3.05) is 0 Å². The third-order valence-electron chi connectivity index (χ3n) is 1.12. The lowest BCUT2D eigenvalue weighted by molar-refractivity contribution is 1.35. The fourth-order valence-corrected chi connectivity index (χ4v) is 1.72. The van der Waals surface area contributed by atoms with Crippen molar-refractivity contribution in [2.24, 2.45) is 9.25 Å². The second-order valence-corrected chi connectivity index (χ2v) is 3.46. The van der Waals surface area contributed by atoms with Gasteiger partial charge in [-0.2, -0.15) is 0 Å².